The Balaban J connectivity index is 1.61. The maximum absolute atomic E-state index is 13.8. The van der Waals surface area contributed by atoms with Crippen molar-refractivity contribution in [2.45, 2.75) is 38.9 Å². The Morgan fingerprint density at radius 2 is 1.62 bits per heavy atom. The van der Waals surface area contributed by atoms with Gasteiger partial charge in [-0.3, -0.25) is 19.2 Å². The molecule has 0 radical (unpaired) electrons. The number of pyridine rings is 1. The van der Waals surface area contributed by atoms with E-state index in [1.54, 1.807) is 13.2 Å². The van der Waals surface area contributed by atoms with Gasteiger partial charge in [-0.15, -0.1) is 0 Å². The Morgan fingerprint density at radius 1 is 0.979 bits per heavy atom. The molecule has 4 rings (SSSR count). The number of anilines is 1. The van der Waals surface area contributed by atoms with Gasteiger partial charge < -0.3 is 39.3 Å². The summed E-state index contributed by atoms with van der Waals surface area (Å²) in [5.74, 6) is -3.15. The summed E-state index contributed by atoms with van der Waals surface area (Å²) in [7, 11) is -1.23. The summed E-state index contributed by atoms with van der Waals surface area (Å²) in [4.78, 5) is 70.9. The molecule has 17 heteroatoms. The van der Waals surface area contributed by atoms with Crippen molar-refractivity contribution >= 4 is 43.6 Å². The fourth-order valence-electron chi connectivity index (χ4n) is 5.11. The van der Waals surface area contributed by atoms with E-state index in [2.05, 4.69) is 15.2 Å². The van der Waals surface area contributed by atoms with Crippen molar-refractivity contribution in [3.63, 3.8) is 0 Å². The molecule has 2 fully saturated rings. The molecule has 47 heavy (non-hydrogen) atoms. The Hall–Kier alpha value is -4.66. The second-order valence-corrected chi connectivity index (χ2v) is 12.0. The molecular formula is C30H37N5O11P+. The first kappa shape index (κ1) is 35.2. The highest BCUT2D eigenvalue weighted by Gasteiger charge is 2.39. The smallest absolute Gasteiger partial charge is 0.465 e. The van der Waals surface area contributed by atoms with Gasteiger partial charge in [0, 0.05) is 71.5 Å². The molecule has 0 bridgehead atoms. The van der Waals surface area contributed by atoms with Crippen LogP contribution in [0.4, 0.5) is 10.5 Å². The number of carbonyl (C=O) groups is 5. The summed E-state index contributed by atoms with van der Waals surface area (Å²) < 4.78 is 33.3. The minimum Gasteiger partial charge on any atom is -0.465 e. The van der Waals surface area contributed by atoms with Gasteiger partial charge in [-0.25, -0.2) is 9.78 Å². The van der Waals surface area contributed by atoms with Crippen LogP contribution in [-0.4, -0.2) is 121 Å². The van der Waals surface area contributed by atoms with Crippen molar-refractivity contribution in [1.29, 1.82) is 0 Å². The van der Waals surface area contributed by atoms with Crippen LogP contribution >= 0.6 is 8.03 Å². The molecule has 16 nitrogen and oxygen atoms in total. The number of carboxylic acid groups (broad SMARTS) is 1. The summed E-state index contributed by atoms with van der Waals surface area (Å²) in [5, 5.41) is 11.9. The van der Waals surface area contributed by atoms with Crippen LogP contribution in [0.1, 0.15) is 30.8 Å². The summed E-state index contributed by atoms with van der Waals surface area (Å²) in [6, 6.07) is 11.3. The van der Waals surface area contributed by atoms with Crippen molar-refractivity contribution in [2.75, 3.05) is 57.4 Å². The molecule has 3 atom stereocenters. The quantitative estimate of drug-likeness (QED) is 0.189. The average Bonchev–Trinajstić information content (AvgIpc) is 3.53. The highest BCUT2D eigenvalue weighted by atomic mass is 31.1. The number of carbonyl (C=O) groups excluding carboxylic acids is 4. The number of piperazine rings is 1. The van der Waals surface area contributed by atoms with Gasteiger partial charge in [0.1, 0.15) is 5.69 Å². The summed E-state index contributed by atoms with van der Waals surface area (Å²) >= 11 is 0. The van der Waals surface area contributed by atoms with Crippen LogP contribution in [-0.2, 0) is 37.7 Å². The number of nitrogens with zero attached hydrogens (tertiary/aromatic N) is 4. The van der Waals surface area contributed by atoms with Crippen LogP contribution in [0.15, 0.2) is 42.5 Å². The van der Waals surface area contributed by atoms with Gasteiger partial charge >= 0.3 is 32.5 Å². The number of amides is 3. The minimum absolute atomic E-state index is 0.00966. The molecule has 3 heterocycles. The Bertz CT molecular complexity index is 1470. The molecule has 2 N–H and O–H groups in total. The van der Waals surface area contributed by atoms with E-state index in [1.165, 1.54) is 4.90 Å². The van der Waals surface area contributed by atoms with Crippen molar-refractivity contribution in [3.8, 4) is 11.3 Å². The SMILES string of the molecule is CO[C@H]1CCN(c2cc(C(=O)N[C@@H](C[P+](=O)OC(OC(C)=O)OC(C)=O)C(=O)N3CCN(C(=O)O)CC3)nc(-c3ccccc3)c2)C1. The van der Waals surface area contributed by atoms with Crippen molar-refractivity contribution in [2.24, 2.45) is 0 Å². The lowest BCUT2D eigenvalue weighted by Crippen LogP contribution is -2.56. The van der Waals surface area contributed by atoms with Gasteiger partial charge in [-0.2, -0.15) is 0 Å². The van der Waals surface area contributed by atoms with Gasteiger partial charge in [0.05, 0.1) is 11.8 Å². The largest absolute Gasteiger partial charge is 0.518 e. The maximum atomic E-state index is 13.8. The number of hydrogen-bond acceptors (Lipinski definition) is 12. The first-order chi connectivity index (χ1) is 22.4. The van der Waals surface area contributed by atoms with Crippen LogP contribution in [0.5, 0.6) is 0 Å². The van der Waals surface area contributed by atoms with Crippen molar-refractivity contribution in [1.82, 2.24) is 20.1 Å². The minimum atomic E-state index is -2.87. The summed E-state index contributed by atoms with van der Waals surface area (Å²) in [6.45, 7) is 1.52. The Morgan fingerprint density at radius 3 is 2.19 bits per heavy atom. The maximum Gasteiger partial charge on any atom is 0.518 e. The van der Waals surface area contributed by atoms with E-state index in [0.717, 1.165) is 36.4 Å². The molecule has 1 aromatic carbocycles. The third-order valence-corrected chi connectivity index (χ3v) is 8.55. The molecule has 252 valence electrons. The standard InChI is InChI=1S/C30H36N5O11P/c1-19(36)44-30(45-20(2)37)46-47(42)18-26(28(39)33-11-13-34(14-12-33)29(40)41)32-27(38)25-16-22(35-10-9-23(17-35)43-3)15-24(31-25)21-7-5-4-6-8-21/h4-8,15-16,23,26,30H,9-14,17-18H2,1-3H3,(H-,32,38,40,41)/p+1/t23-,26-/m0/s1. The van der Waals surface area contributed by atoms with E-state index in [-0.39, 0.29) is 38.0 Å². The van der Waals surface area contributed by atoms with Gasteiger partial charge in [0.2, 0.25) is 12.1 Å². The average molecular weight is 675 g/mol. The normalized spacial score (nSPS) is 17.2. The molecule has 2 aromatic rings. The molecule has 0 aliphatic carbocycles. The van der Waals surface area contributed by atoms with E-state index in [4.69, 9.17) is 18.7 Å². The van der Waals surface area contributed by atoms with Crippen LogP contribution in [0.25, 0.3) is 11.3 Å². The fourth-order valence-corrected chi connectivity index (χ4v) is 6.02. The number of esters is 2. The zero-order valence-electron chi connectivity index (χ0n) is 26.2. The predicted octanol–water partition coefficient (Wildman–Crippen LogP) is 2.06. The number of hydrogen-bond donors (Lipinski definition) is 2. The molecular weight excluding hydrogens is 637 g/mol. The van der Waals surface area contributed by atoms with Gasteiger partial charge in [0.25, 0.3) is 5.91 Å². The summed E-state index contributed by atoms with van der Waals surface area (Å²) in [5.41, 5.74) is 1.98. The Labute approximate surface area is 271 Å². The molecule has 1 aromatic heterocycles. The lowest BCUT2D eigenvalue weighted by Gasteiger charge is -2.34. The van der Waals surface area contributed by atoms with Gasteiger partial charge in [-0.1, -0.05) is 34.9 Å². The van der Waals surface area contributed by atoms with Crippen molar-refractivity contribution in [3.05, 3.63) is 48.2 Å². The first-order valence-electron chi connectivity index (χ1n) is 14.8. The molecule has 3 amide bonds. The van der Waals surface area contributed by atoms with Gasteiger partial charge in [-0.05, 0) is 23.1 Å². The molecule has 2 saturated heterocycles. The number of aromatic nitrogens is 1. The predicted molar refractivity (Wildman–Crippen MR) is 166 cm³/mol. The number of rotatable bonds is 12. The topological polar surface area (TPSA) is 194 Å². The number of nitrogens with one attached hydrogen (secondary N) is 1. The van der Waals surface area contributed by atoms with E-state index in [1.807, 2.05) is 36.4 Å². The van der Waals surface area contributed by atoms with E-state index < -0.39 is 56.6 Å². The second kappa shape index (κ2) is 16.3. The molecule has 1 unspecified atom stereocenters. The summed E-state index contributed by atoms with van der Waals surface area (Å²) in [6.07, 6.45) is -0.911. The first-order valence-corrected chi connectivity index (χ1v) is 16.2. The molecule has 0 spiro atoms. The molecule has 2 aliphatic heterocycles. The lowest BCUT2D eigenvalue weighted by molar-refractivity contribution is -0.231. The van der Waals surface area contributed by atoms with Crippen molar-refractivity contribution < 1.29 is 52.4 Å². The fraction of sp³-hybridized carbons (Fsp3) is 0.467. The van der Waals surface area contributed by atoms with Crippen LogP contribution in [0, 0.1) is 0 Å². The monoisotopic (exact) mass is 674 g/mol. The highest BCUT2D eigenvalue weighted by molar-refractivity contribution is 7.39. The van der Waals surface area contributed by atoms with Crippen LogP contribution in [0.2, 0.25) is 0 Å². The number of benzene rings is 1. The highest BCUT2D eigenvalue weighted by Crippen LogP contribution is 2.30. The van der Waals surface area contributed by atoms with E-state index in [9.17, 15) is 33.6 Å². The lowest BCUT2D eigenvalue weighted by atomic mass is 10.1. The number of ether oxygens (including phenoxy) is 3. The third kappa shape index (κ3) is 9.91. The van der Waals surface area contributed by atoms with Gasteiger partial charge in [0.15, 0.2) is 6.04 Å². The van der Waals surface area contributed by atoms with Crippen LogP contribution in [0.3, 0.4) is 0 Å². The Kier molecular flexibility index (Phi) is 12.2. The van der Waals surface area contributed by atoms with E-state index in [0.29, 0.717) is 18.8 Å². The molecule has 2 aliphatic rings. The zero-order valence-corrected chi connectivity index (χ0v) is 27.1. The van der Waals surface area contributed by atoms with E-state index >= 15 is 0 Å². The number of methoxy groups -OCH3 is 1. The third-order valence-electron chi connectivity index (χ3n) is 7.48. The zero-order chi connectivity index (χ0) is 34.1. The second-order valence-electron chi connectivity index (χ2n) is 10.8. The molecule has 0 saturated carbocycles. The van der Waals surface area contributed by atoms with Crippen LogP contribution < -0.4 is 10.2 Å².